The Bertz CT molecular complexity index is 1200. The Morgan fingerprint density at radius 2 is 1.78 bits per heavy atom. The van der Waals surface area contributed by atoms with Crippen molar-refractivity contribution in [2.75, 3.05) is 45.2 Å². The molecule has 0 radical (unpaired) electrons. The van der Waals surface area contributed by atoms with E-state index in [1.54, 1.807) is 19.2 Å². The van der Waals surface area contributed by atoms with Crippen LogP contribution in [0.5, 0.6) is 5.75 Å². The van der Waals surface area contributed by atoms with E-state index in [1.165, 1.54) is 0 Å². The van der Waals surface area contributed by atoms with Gasteiger partial charge >= 0.3 is 6.03 Å². The molecule has 1 aliphatic rings. The number of anilines is 1. The molecule has 1 aliphatic heterocycles. The largest absolute Gasteiger partial charge is 0.497 e. The zero-order chi connectivity index (χ0) is 25.3. The summed E-state index contributed by atoms with van der Waals surface area (Å²) in [5.41, 5.74) is 4.58. The van der Waals surface area contributed by atoms with Gasteiger partial charge in [0.1, 0.15) is 5.75 Å². The first-order chi connectivity index (χ1) is 17.6. The third-order valence-electron chi connectivity index (χ3n) is 6.47. The molecule has 2 amide bonds. The van der Waals surface area contributed by atoms with Gasteiger partial charge in [-0.05, 0) is 53.9 Å². The summed E-state index contributed by atoms with van der Waals surface area (Å²) in [6.07, 6.45) is -0.164. The summed E-state index contributed by atoms with van der Waals surface area (Å²) in [6.45, 7) is 5.97. The standard InChI is InChI=1S/C29H32N4O3/c1-22-6-3-4-9-27(22)31-29(34)33-16-14-32(15-17-33)20-28(25-7-5-8-26(18-25)35-2)36-21-24-12-10-23(19-30)11-13-24/h3-13,18,28H,14-17,20-21H2,1-2H3,(H,31,34). The number of piperazine rings is 1. The van der Waals surface area contributed by atoms with E-state index in [-0.39, 0.29) is 12.1 Å². The summed E-state index contributed by atoms with van der Waals surface area (Å²) in [7, 11) is 1.66. The molecule has 1 N–H and O–H groups in total. The highest BCUT2D eigenvalue weighted by atomic mass is 16.5. The van der Waals surface area contributed by atoms with Crippen molar-refractivity contribution in [3.05, 3.63) is 95.1 Å². The van der Waals surface area contributed by atoms with Gasteiger partial charge in [0.05, 0.1) is 31.5 Å². The van der Waals surface area contributed by atoms with E-state index < -0.39 is 0 Å². The van der Waals surface area contributed by atoms with Crippen molar-refractivity contribution < 1.29 is 14.3 Å². The third kappa shape index (κ3) is 6.63. The molecule has 1 fully saturated rings. The second-order valence-electron chi connectivity index (χ2n) is 8.92. The number of nitriles is 1. The number of methoxy groups -OCH3 is 1. The number of aryl methyl sites for hydroxylation is 1. The van der Waals surface area contributed by atoms with Gasteiger partial charge in [0.25, 0.3) is 0 Å². The monoisotopic (exact) mass is 484 g/mol. The Morgan fingerprint density at radius 1 is 1.03 bits per heavy atom. The summed E-state index contributed by atoms with van der Waals surface area (Å²) in [4.78, 5) is 17.0. The first kappa shape index (κ1) is 25.2. The Morgan fingerprint density at radius 3 is 2.47 bits per heavy atom. The van der Waals surface area contributed by atoms with Gasteiger partial charge in [0, 0.05) is 38.4 Å². The third-order valence-corrected chi connectivity index (χ3v) is 6.47. The van der Waals surface area contributed by atoms with Crippen LogP contribution in [0, 0.1) is 18.3 Å². The van der Waals surface area contributed by atoms with E-state index in [2.05, 4.69) is 22.4 Å². The number of ether oxygens (including phenoxy) is 2. The van der Waals surface area contributed by atoms with Crippen molar-refractivity contribution in [1.82, 2.24) is 9.80 Å². The number of hydrogen-bond donors (Lipinski definition) is 1. The lowest BCUT2D eigenvalue weighted by atomic mass is 10.1. The van der Waals surface area contributed by atoms with Gasteiger partial charge in [-0.15, -0.1) is 0 Å². The van der Waals surface area contributed by atoms with Gasteiger partial charge in [-0.25, -0.2) is 4.79 Å². The Kier molecular flexibility index (Phi) is 8.56. The number of hydrogen-bond acceptors (Lipinski definition) is 5. The van der Waals surface area contributed by atoms with E-state index >= 15 is 0 Å². The maximum absolute atomic E-state index is 12.8. The zero-order valence-electron chi connectivity index (χ0n) is 20.8. The van der Waals surface area contributed by atoms with Crippen molar-refractivity contribution in [3.63, 3.8) is 0 Å². The van der Waals surface area contributed by atoms with Crippen molar-refractivity contribution in [2.24, 2.45) is 0 Å². The lowest BCUT2D eigenvalue weighted by molar-refractivity contribution is 0.00584. The summed E-state index contributed by atoms with van der Waals surface area (Å²) in [5.74, 6) is 0.789. The van der Waals surface area contributed by atoms with Crippen LogP contribution in [0.2, 0.25) is 0 Å². The van der Waals surface area contributed by atoms with Crippen LogP contribution >= 0.6 is 0 Å². The molecule has 0 saturated carbocycles. The molecule has 1 atom stereocenters. The van der Waals surface area contributed by atoms with Crippen LogP contribution in [0.3, 0.4) is 0 Å². The molecule has 0 aromatic heterocycles. The average Bonchev–Trinajstić information content (AvgIpc) is 2.93. The Hall–Kier alpha value is -3.86. The van der Waals surface area contributed by atoms with Gasteiger partial charge in [-0.3, -0.25) is 4.90 Å². The van der Waals surface area contributed by atoms with Crippen molar-refractivity contribution >= 4 is 11.7 Å². The topological polar surface area (TPSA) is 77.8 Å². The number of carbonyl (C=O) groups excluding carboxylic acids is 1. The number of para-hydroxylation sites is 1. The van der Waals surface area contributed by atoms with Gasteiger partial charge in [-0.2, -0.15) is 5.26 Å². The smallest absolute Gasteiger partial charge is 0.321 e. The van der Waals surface area contributed by atoms with E-state index in [9.17, 15) is 4.79 Å². The molecule has 0 aliphatic carbocycles. The minimum atomic E-state index is -0.164. The molecule has 1 saturated heterocycles. The number of nitrogens with one attached hydrogen (secondary N) is 1. The lowest BCUT2D eigenvalue weighted by Crippen LogP contribution is -2.50. The van der Waals surface area contributed by atoms with E-state index in [0.29, 0.717) is 31.8 Å². The first-order valence-corrected chi connectivity index (χ1v) is 12.1. The molecule has 7 nitrogen and oxygen atoms in total. The molecular formula is C29H32N4O3. The maximum atomic E-state index is 12.8. The van der Waals surface area contributed by atoms with Crippen LogP contribution in [0.4, 0.5) is 10.5 Å². The van der Waals surface area contributed by atoms with Crippen LogP contribution in [-0.4, -0.2) is 55.7 Å². The second-order valence-corrected chi connectivity index (χ2v) is 8.92. The number of nitrogens with zero attached hydrogens (tertiary/aromatic N) is 3. The highest BCUT2D eigenvalue weighted by molar-refractivity contribution is 5.90. The number of urea groups is 1. The van der Waals surface area contributed by atoms with Crippen LogP contribution in [0.15, 0.2) is 72.8 Å². The molecule has 1 unspecified atom stereocenters. The molecule has 4 rings (SSSR count). The van der Waals surface area contributed by atoms with Crippen molar-refractivity contribution in [3.8, 4) is 11.8 Å². The molecule has 36 heavy (non-hydrogen) atoms. The molecule has 186 valence electrons. The normalized spacial score (nSPS) is 14.6. The van der Waals surface area contributed by atoms with Crippen LogP contribution in [0.25, 0.3) is 0 Å². The fourth-order valence-electron chi connectivity index (χ4n) is 4.24. The Balaban J connectivity index is 1.37. The number of carbonyl (C=O) groups is 1. The molecule has 7 heteroatoms. The van der Waals surface area contributed by atoms with Crippen molar-refractivity contribution in [2.45, 2.75) is 19.6 Å². The molecule has 0 spiro atoms. The minimum Gasteiger partial charge on any atom is -0.497 e. The number of rotatable bonds is 8. The van der Waals surface area contributed by atoms with Gasteiger partial charge in [0.15, 0.2) is 0 Å². The quantitative estimate of drug-likeness (QED) is 0.488. The predicted molar refractivity (Wildman–Crippen MR) is 140 cm³/mol. The fraction of sp³-hybridized carbons (Fsp3) is 0.310. The summed E-state index contributed by atoms with van der Waals surface area (Å²) >= 11 is 0. The lowest BCUT2D eigenvalue weighted by Gasteiger charge is -2.36. The molecule has 0 bridgehead atoms. The van der Waals surface area contributed by atoms with Gasteiger partial charge in [-0.1, -0.05) is 42.5 Å². The van der Waals surface area contributed by atoms with E-state index in [4.69, 9.17) is 14.7 Å². The van der Waals surface area contributed by atoms with Gasteiger partial charge < -0.3 is 19.7 Å². The summed E-state index contributed by atoms with van der Waals surface area (Å²) in [5, 5.41) is 12.1. The highest BCUT2D eigenvalue weighted by Gasteiger charge is 2.25. The van der Waals surface area contributed by atoms with E-state index in [0.717, 1.165) is 41.2 Å². The molecule has 1 heterocycles. The second kappa shape index (κ2) is 12.2. The predicted octanol–water partition coefficient (Wildman–Crippen LogP) is 4.98. The Labute approximate surface area is 212 Å². The molecular weight excluding hydrogens is 452 g/mol. The van der Waals surface area contributed by atoms with Crippen LogP contribution in [-0.2, 0) is 11.3 Å². The SMILES string of the molecule is COc1cccc(C(CN2CCN(C(=O)Nc3ccccc3C)CC2)OCc2ccc(C#N)cc2)c1. The minimum absolute atomic E-state index is 0.0645. The van der Waals surface area contributed by atoms with Gasteiger partial charge in [0.2, 0.25) is 0 Å². The zero-order valence-corrected chi connectivity index (χ0v) is 20.8. The van der Waals surface area contributed by atoms with Crippen molar-refractivity contribution in [1.29, 1.82) is 5.26 Å². The number of benzene rings is 3. The highest BCUT2D eigenvalue weighted by Crippen LogP contribution is 2.25. The molecule has 3 aromatic rings. The average molecular weight is 485 g/mol. The fourth-order valence-corrected chi connectivity index (χ4v) is 4.24. The summed E-state index contributed by atoms with van der Waals surface area (Å²) in [6, 6.07) is 25.3. The van der Waals surface area contributed by atoms with E-state index in [1.807, 2.05) is 66.4 Å². The number of amides is 2. The molecule has 3 aromatic carbocycles. The summed E-state index contributed by atoms with van der Waals surface area (Å²) < 4.78 is 11.8. The maximum Gasteiger partial charge on any atom is 0.321 e. The van der Waals surface area contributed by atoms with Crippen LogP contribution < -0.4 is 10.1 Å². The van der Waals surface area contributed by atoms with Crippen LogP contribution in [0.1, 0.15) is 28.4 Å². The first-order valence-electron chi connectivity index (χ1n) is 12.1.